The largest absolute Gasteiger partial charge is 0.387 e. The summed E-state index contributed by atoms with van der Waals surface area (Å²) >= 11 is 3.40. The number of hydrogen-bond donors (Lipinski definition) is 1. The molecular formula is C13H20BrNO2. The fourth-order valence-corrected chi connectivity index (χ4v) is 1.99. The number of benzene rings is 1. The quantitative estimate of drug-likeness (QED) is 0.785. The van der Waals surface area contributed by atoms with Crippen molar-refractivity contribution in [2.75, 3.05) is 33.4 Å². The van der Waals surface area contributed by atoms with Crippen LogP contribution in [0.15, 0.2) is 28.7 Å². The Labute approximate surface area is 112 Å². The smallest absolute Gasteiger partial charge is 0.0917 e. The predicted octanol–water partition coefficient (Wildman–Crippen LogP) is 2.45. The van der Waals surface area contributed by atoms with Crippen molar-refractivity contribution < 1.29 is 9.84 Å². The third kappa shape index (κ3) is 5.64. The van der Waals surface area contributed by atoms with Crippen LogP contribution in [0.5, 0.6) is 0 Å². The molecule has 1 N–H and O–H groups in total. The van der Waals surface area contributed by atoms with Crippen molar-refractivity contribution in [1.82, 2.24) is 4.90 Å². The molecule has 0 aliphatic rings. The van der Waals surface area contributed by atoms with Crippen molar-refractivity contribution >= 4 is 15.9 Å². The van der Waals surface area contributed by atoms with E-state index in [1.165, 1.54) is 0 Å². The average molecular weight is 302 g/mol. The third-order valence-corrected chi connectivity index (χ3v) is 3.03. The molecule has 3 nitrogen and oxygen atoms in total. The number of ether oxygens (including phenoxy) is 1. The highest BCUT2D eigenvalue weighted by Gasteiger charge is 2.10. The first kappa shape index (κ1) is 14.6. The van der Waals surface area contributed by atoms with Gasteiger partial charge in [0.2, 0.25) is 0 Å². The summed E-state index contributed by atoms with van der Waals surface area (Å²) in [6.45, 7) is 4.87. The van der Waals surface area contributed by atoms with Gasteiger partial charge in [-0.1, -0.05) is 28.1 Å². The van der Waals surface area contributed by atoms with Crippen LogP contribution in [-0.4, -0.2) is 43.4 Å². The van der Waals surface area contributed by atoms with E-state index in [0.717, 1.165) is 23.2 Å². The highest BCUT2D eigenvalue weighted by Crippen LogP contribution is 2.18. The lowest BCUT2D eigenvalue weighted by Crippen LogP contribution is -2.28. The van der Waals surface area contributed by atoms with E-state index in [1.54, 1.807) is 0 Å². The highest BCUT2D eigenvalue weighted by molar-refractivity contribution is 9.10. The Hall–Kier alpha value is -0.420. The molecule has 1 aromatic rings. The molecule has 96 valence electrons. The van der Waals surface area contributed by atoms with Crippen LogP contribution < -0.4 is 0 Å². The first-order valence-corrected chi connectivity index (χ1v) is 6.62. The van der Waals surface area contributed by atoms with E-state index in [0.29, 0.717) is 13.2 Å². The number of aliphatic hydroxyl groups is 1. The van der Waals surface area contributed by atoms with Crippen molar-refractivity contribution in [3.05, 3.63) is 34.3 Å². The summed E-state index contributed by atoms with van der Waals surface area (Å²) in [6.07, 6.45) is -0.459. The standard InChI is InChI=1S/C13H20BrNO2/c1-3-17-8-7-15(2)10-13(16)11-5-4-6-12(14)9-11/h4-6,9,13,16H,3,7-8,10H2,1-2H3. The molecule has 4 heteroatoms. The third-order valence-electron chi connectivity index (χ3n) is 2.54. The monoisotopic (exact) mass is 301 g/mol. The van der Waals surface area contributed by atoms with E-state index in [1.807, 2.05) is 38.2 Å². The van der Waals surface area contributed by atoms with Crippen molar-refractivity contribution in [3.63, 3.8) is 0 Å². The second kappa shape index (κ2) is 7.82. The van der Waals surface area contributed by atoms with Crippen LogP contribution in [0.3, 0.4) is 0 Å². The van der Waals surface area contributed by atoms with Gasteiger partial charge in [-0.25, -0.2) is 0 Å². The minimum Gasteiger partial charge on any atom is -0.387 e. The first-order valence-electron chi connectivity index (χ1n) is 5.83. The zero-order valence-corrected chi connectivity index (χ0v) is 12.0. The molecule has 17 heavy (non-hydrogen) atoms. The number of rotatable bonds is 7. The van der Waals surface area contributed by atoms with Gasteiger partial charge in [-0.3, -0.25) is 0 Å². The highest BCUT2D eigenvalue weighted by atomic mass is 79.9. The number of halogens is 1. The van der Waals surface area contributed by atoms with Crippen LogP contribution in [0, 0.1) is 0 Å². The second-order valence-electron chi connectivity index (χ2n) is 4.03. The minimum absolute atomic E-state index is 0.459. The molecule has 0 amide bonds. The summed E-state index contributed by atoms with van der Waals surface area (Å²) in [5.74, 6) is 0. The minimum atomic E-state index is -0.459. The van der Waals surface area contributed by atoms with Crippen LogP contribution in [0.1, 0.15) is 18.6 Å². The van der Waals surface area contributed by atoms with Gasteiger partial charge in [-0.2, -0.15) is 0 Å². The fourth-order valence-electron chi connectivity index (χ4n) is 1.57. The second-order valence-corrected chi connectivity index (χ2v) is 4.95. The van der Waals surface area contributed by atoms with Gasteiger partial charge < -0.3 is 14.7 Å². The Balaban J connectivity index is 2.40. The van der Waals surface area contributed by atoms with Crippen LogP contribution in [0.25, 0.3) is 0 Å². The molecule has 1 atom stereocenters. The van der Waals surface area contributed by atoms with Crippen molar-refractivity contribution in [3.8, 4) is 0 Å². The number of nitrogens with zero attached hydrogens (tertiary/aromatic N) is 1. The van der Waals surface area contributed by atoms with Crippen LogP contribution in [0.2, 0.25) is 0 Å². The first-order chi connectivity index (χ1) is 8.13. The summed E-state index contributed by atoms with van der Waals surface area (Å²) in [5, 5.41) is 10.1. The molecule has 0 saturated heterocycles. The van der Waals surface area contributed by atoms with Gasteiger partial charge in [0.25, 0.3) is 0 Å². The molecule has 0 aliphatic heterocycles. The Morgan fingerprint density at radius 3 is 2.88 bits per heavy atom. The van der Waals surface area contributed by atoms with Gasteiger partial charge in [0, 0.05) is 24.2 Å². The van der Waals surface area contributed by atoms with Gasteiger partial charge in [-0.05, 0) is 31.7 Å². The van der Waals surface area contributed by atoms with E-state index < -0.39 is 6.10 Å². The molecule has 0 heterocycles. The summed E-state index contributed by atoms with van der Waals surface area (Å²) in [5.41, 5.74) is 0.933. The average Bonchev–Trinajstić information content (AvgIpc) is 2.29. The van der Waals surface area contributed by atoms with Crippen LogP contribution in [0.4, 0.5) is 0 Å². The van der Waals surface area contributed by atoms with E-state index >= 15 is 0 Å². The SMILES string of the molecule is CCOCCN(C)CC(O)c1cccc(Br)c1. The molecule has 0 saturated carbocycles. The summed E-state index contributed by atoms with van der Waals surface area (Å²) < 4.78 is 6.27. The molecular weight excluding hydrogens is 282 g/mol. The van der Waals surface area contributed by atoms with Crippen molar-refractivity contribution in [2.24, 2.45) is 0 Å². The van der Waals surface area contributed by atoms with Crippen molar-refractivity contribution in [2.45, 2.75) is 13.0 Å². The van der Waals surface area contributed by atoms with Crippen molar-refractivity contribution in [1.29, 1.82) is 0 Å². The van der Waals surface area contributed by atoms with Crippen LogP contribution >= 0.6 is 15.9 Å². The molecule has 0 aliphatic carbocycles. The molecule has 0 spiro atoms. The zero-order chi connectivity index (χ0) is 12.7. The predicted molar refractivity (Wildman–Crippen MR) is 73.1 cm³/mol. The Morgan fingerprint density at radius 1 is 1.47 bits per heavy atom. The van der Waals surface area contributed by atoms with Gasteiger partial charge >= 0.3 is 0 Å². The maximum atomic E-state index is 10.1. The molecule has 0 bridgehead atoms. The maximum Gasteiger partial charge on any atom is 0.0917 e. The van der Waals surface area contributed by atoms with Crippen LogP contribution in [-0.2, 0) is 4.74 Å². The maximum absolute atomic E-state index is 10.1. The van der Waals surface area contributed by atoms with Gasteiger partial charge in [0.15, 0.2) is 0 Å². The zero-order valence-electron chi connectivity index (χ0n) is 10.4. The number of aliphatic hydroxyl groups excluding tert-OH is 1. The molecule has 0 aromatic heterocycles. The molecule has 1 rings (SSSR count). The van der Waals surface area contributed by atoms with Gasteiger partial charge in [0.05, 0.1) is 12.7 Å². The normalized spacial score (nSPS) is 13.0. The lowest BCUT2D eigenvalue weighted by Gasteiger charge is -2.20. The molecule has 1 unspecified atom stereocenters. The van der Waals surface area contributed by atoms with E-state index in [-0.39, 0.29) is 0 Å². The topological polar surface area (TPSA) is 32.7 Å². The van der Waals surface area contributed by atoms with Gasteiger partial charge in [0.1, 0.15) is 0 Å². The number of hydrogen-bond acceptors (Lipinski definition) is 3. The molecule has 1 aromatic carbocycles. The summed E-state index contributed by atoms with van der Waals surface area (Å²) in [6, 6.07) is 7.77. The molecule has 0 radical (unpaired) electrons. The molecule has 0 fully saturated rings. The summed E-state index contributed by atoms with van der Waals surface area (Å²) in [7, 11) is 1.99. The Morgan fingerprint density at radius 2 is 2.24 bits per heavy atom. The van der Waals surface area contributed by atoms with Gasteiger partial charge in [-0.15, -0.1) is 0 Å². The summed E-state index contributed by atoms with van der Waals surface area (Å²) in [4.78, 5) is 2.07. The Kier molecular flexibility index (Phi) is 6.73. The lowest BCUT2D eigenvalue weighted by molar-refractivity contribution is 0.0891. The fraction of sp³-hybridized carbons (Fsp3) is 0.538. The number of likely N-dealkylation sites (N-methyl/N-ethyl adjacent to an activating group) is 1. The lowest BCUT2D eigenvalue weighted by atomic mass is 10.1. The Bertz CT molecular complexity index is 333. The van der Waals surface area contributed by atoms with E-state index in [2.05, 4.69) is 20.8 Å². The van der Waals surface area contributed by atoms with E-state index in [4.69, 9.17) is 4.74 Å². The van der Waals surface area contributed by atoms with E-state index in [9.17, 15) is 5.11 Å².